The molecule has 1 atom stereocenters. The smallest absolute Gasteiger partial charge is 0.146 e. The molecule has 1 saturated heterocycles. The number of hydrogen-bond acceptors (Lipinski definition) is 4. The summed E-state index contributed by atoms with van der Waals surface area (Å²) in [4.78, 5) is 0. The molecule has 2 nitrogen and oxygen atoms in total. The lowest BCUT2D eigenvalue weighted by molar-refractivity contribution is 1.32. The minimum atomic E-state index is 0.104. The molecule has 0 aliphatic carbocycles. The molecule has 7 heavy (non-hydrogen) atoms. The van der Waals surface area contributed by atoms with Crippen LogP contribution in [0.3, 0.4) is 0 Å². The van der Waals surface area contributed by atoms with Gasteiger partial charge in [-0.15, -0.1) is 0 Å². The molecule has 1 heterocycles. The third-order valence-corrected chi connectivity index (χ3v) is 2.81. The Morgan fingerprint density at radius 2 is 2.57 bits per heavy atom. The van der Waals surface area contributed by atoms with E-state index >= 15 is 0 Å². The van der Waals surface area contributed by atoms with Gasteiger partial charge in [0.05, 0.1) is 0 Å². The molecule has 1 unspecified atom stereocenters. The molecule has 1 fully saturated rings. The molecule has 0 aromatic carbocycles. The minimum Gasteiger partial charge on any atom is -0.313 e. The van der Waals surface area contributed by atoms with Crippen LogP contribution in [0.5, 0.6) is 0 Å². The first-order valence-corrected chi connectivity index (χ1v) is 3.83. The van der Waals surface area contributed by atoms with Crippen molar-refractivity contribution in [2.45, 2.75) is 4.71 Å². The summed E-state index contributed by atoms with van der Waals surface area (Å²) in [5.74, 6) is 0. The van der Waals surface area contributed by atoms with E-state index in [1.54, 1.807) is 0 Å². The molecule has 3 N–H and O–H groups in total. The third kappa shape index (κ3) is 1.49. The largest absolute Gasteiger partial charge is 0.313 e. The molecule has 0 amide bonds. The second-order valence-corrected chi connectivity index (χ2v) is 4.06. The van der Waals surface area contributed by atoms with Gasteiger partial charge in [0.15, 0.2) is 0 Å². The maximum atomic E-state index is 5.40. The molecule has 1 aliphatic rings. The number of nitrogens with two attached hydrogens (primary N) is 1. The van der Waals surface area contributed by atoms with E-state index < -0.39 is 0 Å². The third-order valence-electron chi connectivity index (χ3n) is 0.482. The summed E-state index contributed by atoms with van der Waals surface area (Å²) < 4.78 is 3.75. The van der Waals surface area contributed by atoms with Crippen LogP contribution < -0.4 is 10.5 Å². The zero-order chi connectivity index (χ0) is 5.28. The van der Waals surface area contributed by atoms with Crippen molar-refractivity contribution in [3.8, 4) is 0 Å². The van der Waals surface area contributed by atoms with Gasteiger partial charge >= 0.3 is 0 Å². The average Bonchev–Trinajstić information content (AvgIpc) is 1.87. The summed E-state index contributed by atoms with van der Waals surface area (Å²) >= 11 is 7.68. The van der Waals surface area contributed by atoms with Gasteiger partial charge in [-0.25, -0.2) is 0 Å². The summed E-state index contributed by atoms with van der Waals surface area (Å²) in [6.07, 6.45) is 0. The average molecular weight is 152 g/mol. The van der Waals surface area contributed by atoms with E-state index in [9.17, 15) is 0 Å². The van der Waals surface area contributed by atoms with Crippen molar-refractivity contribution in [3.05, 3.63) is 0 Å². The topological polar surface area (TPSA) is 38.0 Å². The van der Waals surface area contributed by atoms with E-state index in [0.29, 0.717) is 0 Å². The van der Waals surface area contributed by atoms with Gasteiger partial charge in [0, 0.05) is 0 Å². The Bertz CT molecular complexity index is 92.9. The summed E-state index contributed by atoms with van der Waals surface area (Å²) in [5, 5.41) is 0. The van der Waals surface area contributed by atoms with E-state index in [2.05, 4.69) is 4.72 Å². The van der Waals surface area contributed by atoms with E-state index in [1.165, 1.54) is 23.7 Å². The van der Waals surface area contributed by atoms with Gasteiger partial charge in [-0.1, -0.05) is 24.0 Å². The molecule has 0 bridgehead atoms. The summed E-state index contributed by atoms with van der Waals surface area (Å²) in [5.41, 5.74) is 5.40. The number of thioether (sulfide) groups is 1. The SMILES string of the molecule is NC1SNC(=S)S1. The molecule has 0 radical (unpaired) electrons. The Morgan fingerprint density at radius 3 is 2.71 bits per heavy atom. The van der Waals surface area contributed by atoms with Crippen LogP contribution in [0.25, 0.3) is 0 Å². The monoisotopic (exact) mass is 152 g/mol. The highest BCUT2D eigenvalue weighted by molar-refractivity contribution is 8.34. The molecular weight excluding hydrogens is 148 g/mol. The molecule has 0 aromatic heterocycles. The Hall–Kier alpha value is 0.550. The van der Waals surface area contributed by atoms with Gasteiger partial charge in [-0.05, 0) is 11.9 Å². The van der Waals surface area contributed by atoms with Crippen LogP contribution >= 0.6 is 35.9 Å². The molecule has 5 heteroatoms. The predicted octanol–water partition coefficient (Wildman–Crippen LogP) is 0.498. The Morgan fingerprint density at radius 1 is 1.86 bits per heavy atom. The Kier molecular flexibility index (Phi) is 1.80. The van der Waals surface area contributed by atoms with Crippen molar-refractivity contribution in [3.63, 3.8) is 0 Å². The van der Waals surface area contributed by atoms with E-state index in [4.69, 9.17) is 18.0 Å². The van der Waals surface area contributed by atoms with Crippen molar-refractivity contribution < 1.29 is 0 Å². The lowest BCUT2D eigenvalue weighted by Gasteiger charge is -1.88. The summed E-state index contributed by atoms with van der Waals surface area (Å²) in [6.45, 7) is 0. The van der Waals surface area contributed by atoms with Crippen molar-refractivity contribution in [2.75, 3.05) is 0 Å². The number of nitrogens with one attached hydrogen (secondary N) is 1. The van der Waals surface area contributed by atoms with Crippen LogP contribution in [-0.2, 0) is 0 Å². The second-order valence-electron chi connectivity index (χ2n) is 0.994. The number of rotatable bonds is 0. The quantitative estimate of drug-likeness (QED) is 0.390. The van der Waals surface area contributed by atoms with E-state index in [-0.39, 0.29) is 4.71 Å². The molecule has 0 saturated carbocycles. The van der Waals surface area contributed by atoms with Crippen molar-refractivity contribution in [1.82, 2.24) is 4.72 Å². The van der Waals surface area contributed by atoms with Crippen LogP contribution in [0, 0.1) is 0 Å². The Balaban J connectivity index is 2.40. The highest BCUT2D eigenvalue weighted by Gasteiger charge is 2.14. The fourth-order valence-corrected chi connectivity index (χ4v) is 2.28. The number of hydrogen-bond donors (Lipinski definition) is 2. The Labute approximate surface area is 55.7 Å². The highest BCUT2D eigenvalue weighted by Crippen LogP contribution is 2.24. The number of thiocarbonyl (C=S) groups is 1. The van der Waals surface area contributed by atoms with E-state index in [1.807, 2.05) is 0 Å². The zero-order valence-corrected chi connectivity index (χ0v) is 5.83. The predicted molar refractivity (Wildman–Crippen MR) is 38.9 cm³/mol. The van der Waals surface area contributed by atoms with Crippen LogP contribution in [0.15, 0.2) is 0 Å². The standard InChI is InChI=1S/C2H4N2S3/c3-1-6-2(5)4-7-1/h1H,3H2,(H,4,5). The highest BCUT2D eigenvalue weighted by atomic mass is 32.2. The van der Waals surface area contributed by atoms with Gasteiger partial charge in [-0.3, -0.25) is 0 Å². The molecular formula is C2H4N2S3. The van der Waals surface area contributed by atoms with Crippen LogP contribution in [0.2, 0.25) is 0 Å². The van der Waals surface area contributed by atoms with Gasteiger partial charge in [-0.2, -0.15) is 0 Å². The lowest BCUT2D eigenvalue weighted by atomic mass is 11.5. The fraction of sp³-hybridized carbons (Fsp3) is 0.500. The van der Waals surface area contributed by atoms with Crippen LogP contribution in [0.1, 0.15) is 0 Å². The lowest BCUT2D eigenvalue weighted by Crippen LogP contribution is -2.05. The first-order chi connectivity index (χ1) is 3.29. The van der Waals surface area contributed by atoms with Gasteiger partial charge in [0.25, 0.3) is 0 Å². The first-order valence-electron chi connectivity index (χ1n) is 1.67. The second kappa shape index (κ2) is 2.21. The molecule has 40 valence electrons. The fourth-order valence-electron chi connectivity index (χ4n) is 0.260. The first kappa shape index (κ1) is 5.68. The maximum Gasteiger partial charge on any atom is 0.146 e. The van der Waals surface area contributed by atoms with Crippen molar-refractivity contribution >= 4 is 40.2 Å². The van der Waals surface area contributed by atoms with Gasteiger partial charge < -0.3 is 10.5 Å². The molecule has 1 aliphatic heterocycles. The molecule has 1 rings (SSSR count). The van der Waals surface area contributed by atoms with E-state index in [0.717, 1.165) is 4.32 Å². The van der Waals surface area contributed by atoms with Crippen molar-refractivity contribution in [2.24, 2.45) is 5.73 Å². The maximum absolute atomic E-state index is 5.40. The van der Waals surface area contributed by atoms with Gasteiger partial charge in [0.1, 0.15) is 9.03 Å². The molecule has 0 spiro atoms. The summed E-state index contributed by atoms with van der Waals surface area (Å²) in [7, 11) is 0. The summed E-state index contributed by atoms with van der Waals surface area (Å²) in [6, 6.07) is 0. The van der Waals surface area contributed by atoms with Crippen LogP contribution in [-0.4, -0.2) is 9.03 Å². The molecule has 0 aromatic rings. The van der Waals surface area contributed by atoms with Gasteiger partial charge in [0.2, 0.25) is 0 Å². The minimum absolute atomic E-state index is 0.104. The van der Waals surface area contributed by atoms with Crippen molar-refractivity contribution in [1.29, 1.82) is 0 Å². The van der Waals surface area contributed by atoms with Crippen LogP contribution in [0.4, 0.5) is 0 Å². The normalized spacial score (nSPS) is 30.4. The zero-order valence-electron chi connectivity index (χ0n) is 3.38.